The highest BCUT2D eigenvalue weighted by Crippen LogP contribution is 2.18. The van der Waals surface area contributed by atoms with Gasteiger partial charge in [-0.25, -0.2) is 0 Å². The number of hydrogen-bond donors (Lipinski definition) is 1. The van der Waals surface area contributed by atoms with Gasteiger partial charge in [0.05, 0.1) is 6.61 Å². The van der Waals surface area contributed by atoms with Crippen molar-refractivity contribution < 1.29 is 19.1 Å². The molecule has 23 heavy (non-hydrogen) atoms. The van der Waals surface area contributed by atoms with Crippen LogP contribution in [0.25, 0.3) is 0 Å². The van der Waals surface area contributed by atoms with Crippen LogP contribution in [0.3, 0.4) is 0 Å². The number of benzene rings is 1. The Labute approximate surface area is 136 Å². The quantitative estimate of drug-likeness (QED) is 0.864. The molecular formula is C17H24N2O4. The fourth-order valence-corrected chi connectivity index (χ4v) is 2.60. The second kappa shape index (κ2) is 8.41. The first-order chi connectivity index (χ1) is 11.1. The van der Waals surface area contributed by atoms with Gasteiger partial charge in [0, 0.05) is 26.1 Å². The maximum absolute atomic E-state index is 12.2. The summed E-state index contributed by atoms with van der Waals surface area (Å²) >= 11 is 0. The van der Waals surface area contributed by atoms with E-state index in [9.17, 15) is 9.59 Å². The van der Waals surface area contributed by atoms with E-state index in [-0.39, 0.29) is 24.5 Å². The summed E-state index contributed by atoms with van der Waals surface area (Å²) in [6.45, 7) is 5.39. The highest BCUT2D eigenvalue weighted by molar-refractivity contribution is 5.78. The zero-order valence-corrected chi connectivity index (χ0v) is 13.7. The maximum Gasteiger partial charge on any atom is 0.260 e. The lowest BCUT2D eigenvalue weighted by molar-refractivity contribution is -0.134. The van der Waals surface area contributed by atoms with Crippen molar-refractivity contribution in [2.24, 2.45) is 0 Å². The van der Waals surface area contributed by atoms with Crippen molar-refractivity contribution in [1.29, 1.82) is 0 Å². The van der Waals surface area contributed by atoms with Crippen molar-refractivity contribution in [2.45, 2.75) is 32.7 Å². The van der Waals surface area contributed by atoms with Crippen LogP contribution >= 0.6 is 0 Å². The average Bonchev–Trinajstić information content (AvgIpc) is 2.54. The number of amides is 2. The lowest BCUT2D eigenvalue weighted by Crippen LogP contribution is -2.47. The van der Waals surface area contributed by atoms with Crippen LogP contribution in [0.5, 0.6) is 11.5 Å². The van der Waals surface area contributed by atoms with Gasteiger partial charge in [0.2, 0.25) is 5.91 Å². The molecule has 1 N–H and O–H groups in total. The summed E-state index contributed by atoms with van der Waals surface area (Å²) in [5, 5.41) is 2.89. The summed E-state index contributed by atoms with van der Waals surface area (Å²) in [5.74, 6) is 1.38. The zero-order valence-electron chi connectivity index (χ0n) is 13.7. The minimum atomic E-state index is -0.0276. The topological polar surface area (TPSA) is 67.9 Å². The molecule has 0 spiro atoms. The van der Waals surface area contributed by atoms with Gasteiger partial charge >= 0.3 is 0 Å². The van der Waals surface area contributed by atoms with Gasteiger partial charge in [0.1, 0.15) is 11.5 Å². The van der Waals surface area contributed by atoms with Crippen LogP contribution < -0.4 is 14.8 Å². The Morgan fingerprint density at radius 1 is 1.13 bits per heavy atom. The fourth-order valence-electron chi connectivity index (χ4n) is 2.60. The van der Waals surface area contributed by atoms with E-state index in [2.05, 4.69) is 5.32 Å². The highest BCUT2D eigenvalue weighted by atomic mass is 16.5. The lowest BCUT2D eigenvalue weighted by Gasteiger charge is -2.32. The van der Waals surface area contributed by atoms with Crippen LogP contribution in [0, 0.1) is 0 Å². The summed E-state index contributed by atoms with van der Waals surface area (Å²) in [7, 11) is 0. The molecule has 126 valence electrons. The molecule has 1 fully saturated rings. The molecule has 1 aliphatic heterocycles. The Kier molecular flexibility index (Phi) is 6.26. The van der Waals surface area contributed by atoms with Crippen LogP contribution in [0.1, 0.15) is 26.7 Å². The summed E-state index contributed by atoms with van der Waals surface area (Å²) in [6, 6.07) is 7.40. The Balaban J connectivity index is 1.74. The molecule has 0 atom stereocenters. The second-order valence-electron chi connectivity index (χ2n) is 5.55. The first-order valence-corrected chi connectivity index (χ1v) is 7.99. The number of likely N-dealkylation sites (tertiary alicyclic amines) is 1. The average molecular weight is 320 g/mol. The van der Waals surface area contributed by atoms with Crippen molar-refractivity contribution in [3.05, 3.63) is 24.3 Å². The standard InChI is InChI=1S/C17H24N2O4/c1-3-22-15-4-6-16(7-5-15)23-12-17(21)19-10-8-14(9-11-19)18-13(2)20/h4-7,14H,3,8-12H2,1-2H3,(H,18,20). The van der Waals surface area contributed by atoms with E-state index in [0.717, 1.165) is 18.6 Å². The Morgan fingerprint density at radius 3 is 2.22 bits per heavy atom. The van der Waals surface area contributed by atoms with Crippen molar-refractivity contribution in [1.82, 2.24) is 10.2 Å². The van der Waals surface area contributed by atoms with E-state index in [1.165, 1.54) is 6.92 Å². The third-order valence-electron chi connectivity index (χ3n) is 3.75. The number of rotatable bonds is 6. The molecule has 0 radical (unpaired) electrons. The second-order valence-corrected chi connectivity index (χ2v) is 5.55. The van der Waals surface area contributed by atoms with Gasteiger partial charge in [0.15, 0.2) is 6.61 Å². The van der Waals surface area contributed by atoms with Crippen LogP contribution in [0.4, 0.5) is 0 Å². The van der Waals surface area contributed by atoms with Gasteiger partial charge in [-0.3, -0.25) is 9.59 Å². The molecule has 0 unspecified atom stereocenters. The smallest absolute Gasteiger partial charge is 0.260 e. The molecule has 2 rings (SSSR count). The third-order valence-corrected chi connectivity index (χ3v) is 3.75. The molecule has 6 heteroatoms. The summed E-state index contributed by atoms with van der Waals surface area (Å²) in [5.41, 5.74) is 0. The molecule has 6 nitrogen and oxygen atoms in total. The van der Waals surface area contributed by atoms with E-state index in [1.54, 1.807) is 17.0 Å². The van der Waals surface area contributed by atoms with Crippen molar-refractivity contribution in [3.8, 4) is 11.5 Å². The van der Waals surface area contributed by atoms with Gasteiger partial charge in [0.25, 0.3) is 5.91 Å². The molecule has 1 aromatic carbocycles. The number of nitrogens with one attached hydrogen (secondary N) is 1. The number of carbonyl (C=O) groups is 2. The fraction of sp³-hybridized carbons (Fsp3) is 0.529. The van der Waals surface area contributed by atoms with Gasteiger partial charge in [-0.05, 0) is 44.0 Å². The number of hydrogen-bond acceptors (Lipinski definition) is 4. The van der Waals surface area contributed by atoms with Gasteiger partial charge in [-0.2, -0.15) is 0 Å². The summed E-state index contributed by atoms with van der Waals surface area (Å²) in [6.07, 6.45) is 1.57. The highest BCUT2D eigenvalue weighted by Gasteiger charge is 2.23. The van der Waals surface area contributed by atoms with E-state index in [1.807, 2.05) is 19.1 Å². The van der Waals surface area contributed by atoms with E-state index >= 15 is 0 Å². The Bertz CT molecular complexity index is 522. The normalized spacial score (nSPS) is 15.1. The first-order valence-electron chi connectivity index (χ1n) is 7.99. The Hall–Kier alpha value is -2.24. The molecule has 1 aliphatic rings. The molecular weight excluding hydrogens is 296 g/mol. The van der Waals surface area contributed by atoms with Crippen molar-refractivity contribution in [3.63, 3.8) is 0 Å². The van der Waals surface area contributed by atoms with Gasteiger partial charge in [-0.15, -0.1) is 0 Å². The number of nitrogens with zero attached hydrogens (tertiary/aromatic N) is 1. The minimum absolute atomic E-state index is 0.0198. The van der Waals surface area contributed by atoms with Crippen LogP contribution in [-0.2, 0) is 9.59 Å². The summed E-state index contributed by atoms with van der Waals surface area (Å²) < 4.78 is 10.9. The summed E-state index contributed by atoms with van der Waals surface area (Å²) in [4.78, 5) is 25.0. The SMILES string of the molecule is CCOc1ccc(OCC(=O)N2CCC(NC(C)=O)CC2)cc1. The predicted octanol–water partition coefficient (Wildman–Crippen LogP) is 1.59. The molecule has 0 bridgehead atoms. The Morgan fingerprint density at radius 2 is 1.70 bits per heavy atom. The zero-order chi connectivity index (χ0) is 16.7. The molecule has 0 aromatic heterocycles. The molecule has 2 amide bonds. The maximum atomic E-state index is 12.2. The molecule has 0 saturated carbocycles. The monoisotopic (exact) mass is 320 g/mol. The largest absolute Gasteiger partial charge is 0.494 e. The number of ether oxygens (including phenoxy) is 2. The van der Waals surface area contributed by atoms with Gasteiger partial charge in [-0.1, -0.05) is 0 Å². The predicted molar refractivity (Wildman–Crippen MR) is 86.5 cm³/mol. The van der Waals surface area contributed by atoms with E-state index < -0.39 is 0 Å². The van der Waals surface area contributed by atoms with Crippen LogP contribution in [0.15, 0.2) is 24.3 Å². The number of carbonyl (C=O) groups excluding carboxylic acids is 2. The third kappa shape index (κ3) is 5.47. The van der Waals surface area contributed by atoms with Crippen LogP contribution in [0.2, 0.25) is 0 Å². The molecule has 1 saturated heterocycles. The van der Waals surface area contributed by atoms with Crippen molar-refractivity contribution >= 4 is 11.8 Å². The lowest BCUT2D eigenvalue weighted by atomic mass is 10.1. The minimum Gasteiger partial charge on any atom is -0.494 e. The molecule has 1 heterocycles. The number of piperidine rings is 1. The first kappa shape index (κ1) is 17.1. The van der Waals surface area contributed by atoms with Crippen LogP contribution in [-0.4, -0.2) is 49.1 Å². The molecule has 1 aromatic rings. The van der Waals surface area contributed by atoms with Crippen molar-refractivity contribution in [2.75, 3.05) is 26.3 Å². The van der Waals surface area contributed by atoms with E-state index in [4.69, 9.17) is 9.47 Å². The molecule has 0 aliphatic carbocycles. The van der Waals surface area contributed by atoms with E-state index in [0.29, 0.717) is 25.4 Å². The van der Waals surface area contributed by atoms with Gasteiger partial charge < -0.3 is 19.7 Å².